The Morgan fingerprint density at radius 2 is 2.05 bits per heavy atom. The number of nitrogens with zero attached hydrogens (tertiary/aromatic N) is 1. The van der Waals surface area contributed by atoms with E-state index in [-0.39, 0.29) is 5.91 Å². The maximum Gasteiger partial charge on any atom is 0.274 e. The lowest BCUT2D eigenvalue weighted by Crippen LogP contribution is -2.22. The van der Waals surface area contributed by atoms with Gasteiger partial charge in [0.05, 0.1) is 0 Å². The van der Waals surface area contributed by atoms with Crippen LogP contribution in [0.4, 0.5) is 5.69 Å². The van der Waals surface area contributed by atoms with E-state index in [0.717, 1.165) is 17.8 Å². The van der Waals surface area contributed by atoms with Crippen LogP contribution in [0.5, 0.6) is 0 Å². The number of carbonyl (C=O) groups is 1. The lowest BCUT2D eigenvalue weighted by atomic mass is 10.2. The minimum absolute atomic E-state index is 0.195. The second-order valence-electron chi connectivity index (χ2n) is 4.91. The molecule has 4 nitrogen and oxygen atoms in total. The van der Waals surface area contributed by atoms with Gasteiger partial charge < -0.3 is 10.6 Å². The molecule has 20 heavy (non-hydrogen) atoms. The van der Waals surface area contributed by atoms with Crippen LogP contribution in [0.3, 0.4) is 0 Å². The van der Waals surface area contributed by atoms with Crippen LogP contribution < -0.4 is 10.6 Å². The first kappa shape index (κ1) is 14.2. The van der Waals surface area contributed by atoms with Crippen molar-refractivity contribution >= 4 is 11.6 Å². The molecule has 0 spiro atoms. The highest BCUT2D eigenvalue weighted by Gasteiger charge is 2.06. The van der Waals surface area contributed by atoms with Crippen molar-refractivity contribution in [2.24, 2.45) is 0 Å². The molecule has 2 aromatic rings. The Labute approximate surface area is 119 Å². The highest BCUT2D eigenvalue weighted by Crippen LogP contribution is 2.12. The monoisotopic (exact) mass is 269 g/mol. The Kier molecular flexibility index (Phi) is 4.85. The quantitative estimate of drug-likeness (QED) is 0.877. The summed E-state index contributed by atoms with van der Waals surface area (Å²) in [6, 6.07) is 13.5. The molecule has 0 unspecified atom stereocenters. The molecule has 4 heteroatoms. The van der Waals surface area contributed by atoms with Gasteiger partial charge in [-0.15, -0.1) is 0 Å². The van der Waals surface area contributed by atoms with E-state index in [9.17, 15) is 4.79 Å². The smallest absolute Gasteiger partial charge is 0.274 e. The van der Waals surface area contributed by atoms with Gasteiger partial charge in [-0.3, -0.25) is 9.78 Å². The molecule has 2 N–H and O–H groups in total. The zero-order chi connectivity index (χ0) is 14.4. The third-order valence-electron chi connectivity index (χ3n) is 2.80. The van der Waals surface area contributed by atoms with Gasteiger partial charge >= 0.3 is 0 Å². The number of aromatic nitrogens is 1. The summed E-state index contributed by atoms with van der Waals surface area (Å²) in [5.41, 5.74) is 2.33. The van der Waals surface area contributed by atoms with E-state index in [1.165, 1.54) is 0 Å². The van der Waals surface area contributed by atoms with Crippen LogP contribution in [0.2, 0.25) is 0 Å². The highest BCUT2D eigenvalue weighted by molar-refractivity contribution is 6.02. The third kappa shape index (κ3) is 4.17. The lowest BCUT2D eigenvalue weighted by molar-refractivity contribution is 0.102. The molecule has 1 heterocycles. The first-order valence-corrected chi connectivity index (χ1v) is 6.70. The summed E-state index contributed by atoms with van der Waals surface area (Å²) in [5.74, 6) is -0.195. The fourth-order valence-corrected chi connectivity index (χ4v) is 1.77. The molecule has 104 valence electrons. The molecule has 0 aliphatic rings. The van der Waals surface area contributed by atoms with E-state index >= 15 is 0 Å². The second kappa shape index (κ2) is 6.82. The summed E-state index contributed by atoms with van der Waals surface area (Å²) in [7, 11) is 0. The van der Waals surface area contributed by atoms with Crippen LogP contribution in [0.15, 0.2) is 48.7 Å². The van der Waals surface area contributed by atoms with Gasteiger partial charge in [0.25, 0.3) is 5.91 Å². The zero-order valence-corrected chi connectivity index (χ0v) is 11.8. The van der Waals surface area contributed by atoms with Crippen molar-refractivity contribution in [2.75, 3.05) is 5.32 Å². The van der Waals surface area contributed by atoms with Gasteiger partial charge in [-0.05, 0) is 29.8 Å². The van der Waals surface area contributed by atoms with Crippen molar-refractivity contribution < 1.29 is 4.79 Å². The molecule has 0 aliphatic heterocycles. The number of hydrogen-bond acceptors (Lipinski definition) is 3. The highest BCUT2D eigenvalue weighted by atomic mass is 16.1. The maximum absolute atomic E-state index is 12.0. The predicted molar refractivity (Wildman–Crippen MR) is 80.6 cm³/mol. The number of nitrogens with one attached hydrogen (secondary N) is 2. The molecule has 0 atom stereocenters. The van der Waals surface area contributed by atoms with Crippen molar-refractivity contribution in [3.63, 3.8) is 0 Å². The van der Waals surface area contributed by atoms with Gasteiger partial charge in [-0.25, -0.2) is 0 Å². The molecule has 0 fully saturated rings. The van der Waals surface area contributed by atoms with Gasteiger partial charge in [0.15, 0.2) is 0 Å². The van der Waals surface area contributed by atoms with Crippen LogP contribution in [0.1, 0.15) is 29.9 Å². The fraction of sp³-hybridized carbons (Fsp3) is 0.250. The molecule has 0 bridgehead atoms. The Morgan fingerprint density at radius 1 is 1.20 bits per heavy atom. The van der Waals surface area contributed by atoms with Crippen LogP contribution >= 0.6 is 0 Å². The Balaban J connectivity index is 2.02. The summed E-state index contributed by atoms with van der Waals surface area (Å²) >= 11 is 0. The van der Waals surface area contributed by atoms with E-state index in [2.05, 4.69) is 29.5 Å². The number of benzene rings is 1. The van der Waals surface area contributed by atoms with Crippen molar-refractivity contribution in [2.45, 2.75) is 26.4 Å². The van der Waals surface area contributed by atoms with Crippen molar-refractivity contribution in [3.05, 3.63) is 59.9 Å². The molecule has 0 saturated heterocycles. The standard InChI is InChI=1S/C16H19N3O/c1-12(2)18-11-13-6-5-7-14(10-13)19-16(20)15-8-3-4-9-17-15/h3-10,12,18H,11H2,1-2H3,(H,19,20). The molecular formula is C16H19N3O. The van der Waals surface area contributed by atoms with Crippen LogP contribution in [0, 0.1) is 0 Å². The SMILES string of the molecule is CC(C)NCc1cccc(NC(=O)c2ccccn2)c1. The largest absolute Gasteiger partial charge is 0.321 e. The number of anilines is 1. The fourth-order valence-electron chi connectivity index (χ4n) is 1.77. The third-order valence-corrected chi connectivity index (χ3v) is 2.80. The zero-order valence-electron chi connectivity index (χ0n) is 11.8. The summed E-state index contributed by atoms with van der Waals surface area (Å²) in [6.07, 6.45) is 1.61. The van der Waals surface area contributed by atoms with Crippen molar-refractivity contribution in [1.82, 2.24) is 10.3 Å². The number of amides is 1. The van der Waals surface area contributed by atoms with Gasteiger partial charge in [-0.1, -0.05) is 32.0 Å². The number of rotatable bonds is 5. The summed E-state index contributed by atoms with van der Waals surface area (Å²) in [6.45, 7) is 4.99. The summed E-state index contributed by atoms with van der Waals surface area (Å²) in [4.78, 5) is 16.0. The molecule has 0 aliphatic carbocycles. The van der Waals surface area contributed by atoms with Gasteiger partial charge in [0.1, 0.15) is 5.69 Å². The van der Waals surface area contributed by atoms with E-state index in [0.29, 0.717) is 11.7 Å². The Bertz CT molecular complexity index is 567. The lowest BCUT2D eigenvalue weighted by Gasteiger charge is -2.10. The van der Waals surface area contributed by atoms with E-state index < -0.39 is 0 Å². The van der Waals surface area contributed by atoms with Crippen molar-refractivity contribution in [3.8, 4) is 0 Å². The average Bonchev–Trinajstić information content (AvgIpc) is 2.46. The molecule has 0 saturated carbocycles. The molecule has 2 rings (SSSR count). The minimum atomic E-state index is -0.195. The maximum atomic E-state index is 12.0. The van der Waals surface area contributed by atoms with Crippen molar-refractivity contribution in [1.29, 1.82) is 0 Å². The first-order chi connectivity index (χ1) is 9.65. The molecule has 1 amide bonds. The topological polar surface area (TPSA) is 54.0 Å². The molecule has 1 aromatic carbocycles. The Hall–Kier alpha value is -2.20. The van der Waals surface area contributed by atoms with Gasteiger partial charge in [0.2, 0.25) is 0 Å². The number of carbonyl (C=O) groups excluding carboxylic acids is 1. The first-order valence-electron chi connectivity index (χ1n) is 6.70. The predicted octanol–water partition coefficient (Wildman–Crippen LogP) is 2.83. The Morgan fingerprint density at radius 3 is 2.75 bits per heavy atom. The van der Waals surface area contributed by atoms with Gasteiger partial charge in [0, 0.05) is 24.5 Å². The summed E-state index contributed by atoms with van der Waals surface area (Å²) in [5, 5.41) is 6.21. The van der Waals surface area contributed by atoms with Crippen LogP contribution in [-0.4, -0.2) is 16.9 Å². The molecule has 0 radical (unpaired) electrons. The summed E-state index contributed by atoms with van der Waals surface area (Å²) < 4.78 is 0. The minimum Gasteiger partial charge on any atom is -0.321 e. The van der Waals surface area contributed by atoms with E-state index in [1.807, 2.05) is 24.3 Å². The average molecular weight is 269 g/mol. The number of hydrogen-bond donors (Lipinski definition) is 2. The molecular weight excluding hydrogens is 250 g/mol. The normalized spacial score (nSPS) is 10.6. The number of pyridine rings is 1. The van der Waals surface area contributed by atoms with Crippen LogP contribution in [0.25, 0.3) is 0 Å². The molecule has 1 aromatic heterocycles. The second-order valence-corrected chi connectivity index (χ2v) is 4.91. The van der Waals surface area contributed by atoms with Crippen LogP contribution in [-0.2, 0) is 6.54 Å². The van der Waals surface area contributed by atoms with E-state index in [1.54, 1.807) is 24.4 Å². The van der Waals surface area contributed by atoms with E-state index in [4.69, 9.17) is 0 Å². The van der Waals surface area contributed by atoms with Gasteiger partial charge in [-0.2, -0.15) is 0 Å².